The molecule has 0 amide bonds. The monoisotopic (exact) mass is 355 g/mol. The Morgan fingerprint density at radius 2 is 1.88 bits per heavy atom. The predicted molar refractivity (Wildman–Crippen MR) is 104 cm³/mol. The van der Waals surface area contributed by atoms with Crippen molar-refractivity contribution >= 4 is 10.8 Å². The van der Waals surface area contributed by atoms with Crippen molar-refractivity contribution in [1.29, 1.82) is 0 Å². The highest BCUT2D eigenvalue weighted by molar-refractivity contribution is 5.95. The topological polar surface area (TPSA) is 41.9 Å². The molecular formula is C22H29NO3. The van der Waals surface area contributed by atoms with E-state index in [0.29, 0.717) is 0 Å². The number of methoxy groups -OCH3 is 2. The van der Waals surface area contributed by atoms with Gasteiger partial charge in [-0.1, -0.05) is 24.6 Å². The number of likely N-dealkylation sites (tertiary alicyclic amines) is 1. The van der Waals surface area contributed by atoms with Crippen LogP contribution in [0.4, 0.5) is 0 Å². The van der Waals surface area contributed by atoms with E-state index in [1.807, 2.05) is 12.1 Å². The minimum Gasteiger partial charge on any atom is -0.496 e. The molecule has 4 rings (SSSR count). The van der Waals surface area contributed by atoms with E-state index in [0.717, 1.165) is 67.6 Å². The minimum absolute atomic E-state index is 0.116. The van der Waals surface area contributed by atoms with Gasteiger partial charge in [0.05, 0.1) is 20.3 Å². The third kappa shape index (κ3) is 2.95. The molecule has 1 saturated heterocycles. The number of piperidine rings is 1. The second kappa shape index (κ2) is 7.09. The highest BCUT2D eigenvalue weighted by Crippen LogP contribution is 2.45. The smallest absolute Gasteiger partial charge is 0.127 e. The molecule has 4 heteroatoms. The molecule has 2 aromatic carbocycles. The fraction of sp³-hybridized carbons (Fsp3) is 0.545. The summed E-state index contributed by atoms with van der Waals surface area (Å²) in [6, 6.07) is 10.3. The first kappa shape index (κ1) is 17.6. The fourth-order valence-corrected chi connectivity index (χ4v) is 5.13. The maximum atomic E-state index is 10.5. The zero-order valence-electron chi connectivity index (χ0n) is 15.8. The Morgan fingerprint density at radius 1 is 1.08 bits per heavy atom. The maximum Gasteiger partial charge on any atom is 0.127 e. The first-order chi connectivity index (χ1) is 12.7. The summed E-state index contributed by atoms with van der Waals surface area (Å²) < 4.78 is 11.2. The van der Waals surface area contributed by atoms with Crippen molar-refractivity contribution in [3.63, 3.8) is 0 Å². The number of aliphatic hydroxyl groups excluding tert-OH is 1. The van der Waals surface area contributed by atoms with Gasteiger partial charge in [-0.3, -0.25) is 4.90 Å². The number of rotatable bonds is 4. The van der Waals surface area contributed by atoms with Crippen LogP contribution in [-0.2, 0) is 6.54 Å². The molecule has 0 bridgehead atoms. The second-order valence-corrected chi connectivity index (χ2v) is 7.89. The van der Waals surface area contributed by atoms with E-state index < -0.39 is 0 Å². The van der Waals surface area contributed by atoms with Crippen LogP contribution in [0.1, 0.15) is 37.7 Å². The van der Waals surface area contributed by atoms with E-state index in [4.69, 9.17) is 9.47 Å². The highest BCUT2D eigenvalue weighted by Gasteiger charge is 2.44. The van der Waals surface area contributed by atoms with Gasteiger partial charge in [-0.2, -0.15) is 0 Å². The van der Waals surface area contributed by atoms with Crippen molar-refractivity contribution in [2.75, 3.05) is 27.3 Å². The number of fused-ring (bicyclic) bond motifs is 1. The second-order valence-electron chi connectivity index (χ2n) is 7.89. The molecule has 2 aromatic rings. The summed E-state index contributed by atoms with van der Waals surface area (Å²) in [7, 11) is 3.44. The van der Waals surface area contributed by atoms with Gasteiger partial charge < -0.3 is 14.6 Å². The first-order valence-electron chi connectivity index (χ1n) is 9.70. The van der Waals surface area contributed by atoms with Crippen molar-refractivity contribution in [3.8, 4) is 11.5 Å². The molecule has 2 aliphatic rings. The number of ether oxygens (including phenoxy) is 2. The Hall–Kier alpha value is -1.78. The van der Waals surface area contributed by atoms with Crippen LogP contribution in [0.5, 0.6) is 11.5 Å². The molecule has 4 nitrogen and oxygen atoms in total. The van der Waals surface area contributed by atoms with Crippen LogP contribution in [0.15, 0.2) is 30.3 Å². The van der Waals surface area contributed by atoms with E-state index in [1.54, 1.807) is 14.2 Å². The molecule has 0 radical (unpaired) electrons. The van der Waals surface area contributed by atoms with Crippen LogP contribution >= 0.6 is 0 Å². The third-order valence-electron chi connectivity index (χ3n) is 6.43. The lowest BCUT2D eigenvalue weighted by atomic mass is 9.76. The van der Waals surface area contributed by atoms with Gasteiger partial charge in [-0.25, -0.2) is 0 Å². The van der Waals surface area contributed by atoms with Crippen molar-refractivity contribution in [1.82, 2.24) is 4.90 Å². The number of nitrogens with zero attached hydrogens (tertiary/aromatic N) is 1. The summed E-state index contributed by atoms with van der Waals surface area (Å²) in [6.45, 7) is 2.98. The average molecular weight is 355 g/mol. The van der Waals surface area contributed by atoms with Crippen molar-refractivity contribution in [2.24, 2.45) is 5.41 Å². The Bertz CT molecular complexity index is 790. The third-order valence-corrected chi connectivity index (χ3v) is 6.43. The van der Waals surface area contributed by atoms with Gasteiger partial charge in [0.25, 0.3) is 0 Å². The van der Waals surface area contributed by atoms with Crippen LogP contribution in [-0.4, -0.2) is 43.4 Å². The summed E-state index contributed by atoms with van der Waals surface area (Å²) in [4.78, 5) is 2.52. The minimum atomic E-state index is -0.132. The Kier molecular flexibility index (Phi) is 4.80. The lowest BCUT2D eigenvalue weighted by Gasteiger charge is -2.42. The molecule has 140 valence electrons. The average Bonchev–Trinajstić information content (AvgIpc) is 3.01. The summed E-state index contributed by atoms with van der Waals surface area (Å²) in [5, 5.41) is 12.8. The van der Waals surface area contributed by atoms with E-state index >= 15 is 0 Å². The summed E-state index contributed by atoms with van der Waals surface area (Å²) >= 11 is 0. The molecule has 0 aromatic heterocycles. The van der Waals surface area contributed by atoms with Gasteiger partial charge in [0.15, 0.2) is 0 Å². The van der Waals surface area contributed by atoms with Gasteiger partial charge in [-0.15, -0.1) is 0 Å². The van der Waals surface area contributed by atoms with Crippen LogP contribution in [0.2, 0.25) is 0 Å². The summed E-state index contributed by atoms with van der Waals surface area (Å²) in [5.41, 5.74) is 1.38. The molecule has 1 aliphatic carbocycles. The molecular weight excluding hydrogens is 326 g/mol. The molecule has 1 saturated carbocycles. The molecule has 2 atom stereocenters. The largest absolute Gasteiger partial charge is 0.496 e. The fourth-order valence-electron chi connectivity index (χ4n) is 5.13. The molecule has 0 unspecified atom stereocenters. The zero-order chi connectivity index (χ0) is 18.1. The van der Waals surface area contributed by atoms with Crippen molar-refractivity contribution in [2.45, 2.75) is 44.8 Å². The maximum absolute atomic E-state index is 10.5. The van der Waals surface area contributed by atoms with E-state index in [-0.39, 0.29) is 11.5 Å². The molecule has 1 aliphatic heterocycles. The molecule has 1 N–H and O–H groups in total. The lowest BCUT2D eigenvalue weighted by Crippen LogP contribution is -2.46. The predicted octanol–water partition coefficient (Wildman–Crippen LogP) is 3.98. The number of benzene rings is 2. The van der Waals surface area contributed by atoms with Crippen LogP contribution < -0.4 is 9.47 Å². The van der Waals surface area contributed by atoms with Crippen LogP contribution in [0.3, 0.4) is 0 Å². The lowest BCUT2D eigenvalue weighted by molar-refractivity contribution is -0.0119. The summed E-state index contributed by atoms with van der Waals surface area (Å²) in [5.74, 6) is 1.77. The Labute approximate surface area is 155 Å². The van der Waals surface area contributed by atoms with Crippen molar-refractivity contribution < 1.29 is 14.6 Å². The van der Waals surface area contributed by atoms with E-state index in [1.165, 1.54) is 12.0 Å². The zero-order valence-corrected chi connectivity index (χ0v) is 15.8. The van der Waals surface area contributed by atoms with Gasteiger partial charge in [0.2, 0.25) is 0 Å². The van der Waals surface area contributed by atoms with Crippen LogP contribution in [0, 0.1) is 5.41 Å². The first-order valence-corrected chi connectivity index (χ1v) is 9.70. The SMILES string of the molecule is COc1ccc(CN2CCC[C@]3(CCC[C@H]3O)C2)c2c(OC)cccc12. The Balaban J connectivity index is 1.67. The summed E-state index contributed by atoms with van der Waals surface area (Å²) in [6.07, 6.45) is 5.49. The van der Waals surface area contributed by atoms with Gasteiger partial charge in [0, 0.05) is 29.3 Å². The van der Waals surface area contributed by atoms with Crippen molar-refractivity contribution in [3.05, 3.63) is 35.9 Å². The molecule has 1 heterocycles. The number of hydrogen-bond donors (Lipinski definition) is 1. The van der Waals surface area contributed by atoms with E-state index in [2.05, 4.69) is 23.1 Å². The van der Waals surface area contributed by atoms with Gasteiger partial charge in [0.1, 0.15) is 11.5 Å². The standard InChI is InChI=1S/C22H29NO3/c1-25-18-10-9-16(21-17(18)6-3-7-19(21)26-2)14-23-13-5-12-22(15-23)11-4-8-20(22)24/h3,6-7,9-10,20,24H,4-5,8,11-15H2,1-2H3/t20-,22-/m1/s1. The highest BCUT2D eigenvalue weighted by atomic mass is 16.5. The quantitative estimate of drug-likeness (QED) is 0.901. The number of aliphatic hydroxyl groups is 1. The molecule has 26 heavy (non-hydrogen) atoms. The number of hydrogen-bond acceptors (Lipinski definition) is 4. The Morgan fingerprint density at radius 3 is 2.62 bits per heavy atom. The van der Waals surface area contributed by atoms with Gasteiger partial charge in [-0.05, 0) is 49.9 Å². The normalized spacial score (nSPS) is 26.5. The van der Waals surface area contributed by atoms with E-state index in [9.17, 15) is 5.11 Å². The van der Waals surface area contributed by atoms with Crippen LogP contribution in [0.25, 0.3) is 10.8 Å². The van der Waals surface area contributed by atoms with Gasteiger partial charge >= 0.3 is 0 Å². The molecule has 2 fully saturated rings. The molecule has 1 spiro atoms.